The number of benzene rings is 1. The van der Waals surface area contributed by atoms with Crippen LogP contribution in [0.4, 0.5) is 0 Å². The normalized spacial score (nSPS) is 16.2. The van der Waals surface area contributed by atoms with Gasteiger partial charge in [-0.15, -0.1) is 11.3 Å². The molecule has 7 heteroatoms. The van der Waals surface area contributed by atoms with Crippen LogP contribution in [0.15, 0.2) is 40.1 Å². The van der Waals surface area contributed by atoms with Crippen molar-refractivity contribution in [3.05, 3.63) is 51.9 Å². The number of fused-ring (bicyclic) bond motifs is 1. The van der Waals surface area contributed by atoms with E-state index in [1.165, 1.54) is 9.78 Å². The van der Waals surface area contributed by atoms with Crippen molar-refractivity contribution in [2.75, 3.05) is 40.0 Å². The van der Waals surface area contributed by atoms with Gasteiger partial charge in [-0.3, -0.25) is 4.79 Å². The Bertz CT molecular complexity index is 945. The van der Waals surface area contributed by atoms with E-state index in [2.05, 4.69) is 22.8 Å². The molecule has 1 aromatic carbocycles. The van der Waals surface area contributed by atoms with Crippen molar-refractivity contribution in [1.29, 1.82) is 0 Å². The number of methoxy groups -OCH3 is 1. The van der Waals surface area contributed by atoms with Crippen LogP contribution in [0, 0.1) is 6.92 Å². The summed E-state index contributed by atoms with van der Waals surface area (Å²) in [6.45, 7) is 5.88. The van der Waals surface area contributed by atoms with E-state index in [1.807, 2.05) is 25.1 Å². The molecule has 0 aliphatic carbocycles. The lowest BCUT2D eigenvalue weighted by Gasteiger charge is -2.31. The number of thiophene rings is 1. The monoisotopic (exact) mass is 401 g/mol. The highest BCUT2D eigenvalue weighted by Crippen LogP contribution is 2.28. The summed E-state index contributed by atoms with van der Waals surface area (Å²) in [5.74, 6) is 0.934. The Morgan fingerprint density at radius 3 is 2.86 bits per heavy atom. The van der Waals surface area contributed by atoms with E-state index in [4.69, 9.17) is 13.9 Å². The number of hydrogen-bond donors (Lipinski definition) is 2. The third kappa shape index (κ3) is 3.78. The first-order valence-electron chi connectivity index (χ1n) is 9.48. The molecule has 0 saturated carbocycles. The fraction of sp³-hybridized carbons (Fsp3) is 0.381. The summed E-state index contributed by atoms with van der Waals surface area (Å²) in [5, 5.41) is 6.08. The Hall–Kier alpha value is -2.35. The molecule has 0 unspecified atom stereocenters. The molecular formula is C21H25N2O4S+. The molecular weight excluding hydrogens is 376 g/mol. The molecule has 2 aromatic heterocycles. The first-order chi connectivity index (χ1) is 13.7. The number of ether oxygens (including phenoxy) is 2. The smallest absolute Gasteiger partial charge is 0.287 e. The summed E-state index contributed by atoms with van der Waals surface area (Å²) in [6.07, 6.45) is 0. The first kappa shape index (κ1) is 19.0. The predicted octanol–water partition coefficient (Wildman–Crippen LogP) is 2.20. The van der Waals surface area contributed by atoms with Gasteiger partial charge in [-0.2, -0.15) is 0 Å². The van der Waals surface area contributed by atoms with Crippen LogP contribution in [0.2, 0.25) is 0 Å². The highest BCUT2D eigenvalue weighted by Gasteiger charge is 2.28. The van der Waals surface area contributed by atoms with Gasteiger partial charge >= 0.3 is 0 Å². The second-order valence-corrected chi connectivity index (χ2v) is 7.95. The van der Waals surface area contributed by atoms with Gasteiger partial charge < -0.3 is 24.1 Å². The Labute approximate surface area is 168 Å². The second kappa shape index (κ2) is 8.34. The molecule has 0 spiro atoms. The molecule has 1 amide bonds. The SMILES string of the molecule is COc1ccc2oc(C(=O)NC[C@H](c3cccs3)[NH+]3CCOCC3)c(C)c2c1. The van der Waals surface area contributed by atoms with Gasteiger partial charge in [0.2, 0.25) is 0 Å². The number of nitrogens with one attached hydrogen (secondary N) is 2. The Kier molecular flexibility index (Phi) is 5.66. The van der Waals surface area contributed by atoms with Crippen LogP contribution < -0.4 is 15.0 Å². The zero-order valence-electron chi connectivity index (χ0n) is 16.1. The minimum atomic E-state index is -0.179. The van der Waals surface area contributed by atoms with Crippen molar-refractivity contribution in [1.82, 2.24) is 5.32 Å². The van der Waals surface area contributed by atoms with Crippen LogP contribution in [-0.2, 0) is 4.74 Å². The van der Waals surface area contributed by atoms with E-state index in [0.29, 0.717) is 17.9 Å². The van der Waals surface area contributed by atoms with Crippen molar-refractivity contribution in [2.45, 2.75) is 13.0 Å². The molecule has 6 nitrogen and oxygen atoms in total. The quantitative estimate of drug-likeness (QED) is 0.665. The van der Waals surface area contributed by atoms with Crippen molar-refractivity contribution in [2.24, 2.45) is 0 Å². The van der Waals surface area contributed by atoms with Gasteiger partial charge in [0, 0.05) is 10.9 Å². The lowest BCUT2D eigenvalue weighted by atomic mass is 10.1. The van der Waals surface area contributed by atoms with Crippen LogP contribution in [0.25, 0.3) is 11.0 Å². The topological polar surface area (TPSA) is 65.1 Å². The molecule has 1 fully saturated rings. The highest BCUT2D eigenvalue weighted by molar-refractivity contribution is 7.10. The number of quaternary nitrogens is 1. The van der Waals surface area contributed by atoms with Crippen molar-refractivity contribution in [3.8, 4) is 5.75 Å². The van der Waals surface area contributed by atoms with Gasteiger partial charge in [-0.05, 0) is 36.6 Å². The summed E-state index contributed by atoms with van der Waals surface area (Å²) in [6, 6.07) is 10.00. The number of rotatable bonds is 6. The molecule has 28 heavy (non-hydrogen) atoms. The largest absolute Gasteiger partial charge is 0.497 e. The van der Waals surface area contributed by atoms with Crippen LogP contribution in [0.1, 0.15) is 27.0 Å². The van der Waals surface area contributed by atoms with E-state index in [9.17, 15) is 4.79 Å². The van der Waals surface area contributed by atoms with E-state index in [0.717, 1.165) is 43.0 Å². The third-order valence-corrected chi connectivity index (χ3v) is 6.32. The minimum Gasteiger partial charge on any atom is -0.497 e. The van der Waals surface area contributed by atoms with Gasteiger partial charge in [0.25, 0.3) is 5.91 Å². The highest BCUT2D eigenvalue weighted by atomic mass is 32.1. The molecule has 0 radical (unpaired) electrons. The molecule has 3 heterocycles. The number of aryl methyl sites for hydroxylation is 1. The summed E-state index contributed by atoms with van der Waals surface area (Å²) < 4.78 is 16.6. The number of morpholine rings is 1. The molecule has 1 atom stereocenters. The molecule has 4 rings (SSSR count). The molecule has 1 aliphatic rings. The Morgan fingerprint density at radius 2 is 2.14 bits per heavy atom. The third-order valence-electron chi connectivity index (χ3n) is 5.33. The van der Waals surface area contributed by atoms with Gasteiger partial charge in [-0.1, -0.05) is 6.07 Å². The summed E-state index contributed by atoms with van der Waals surface area (Å²) in [4.78, 5) is 15.6. The molecule has 148 valence electrons. The van der Waals surface area contributed by atoms with E-state index in [-0.39, 0.29) is 11.9 Å². The Balaban J connectivity index is 1.52. The van der Waals surface area contributed by atoms with E-state index in [1.54, 1.807) is 18.4 Å². The second-order valence-electron chi connectivity index (χ2n) is 6.97. The fourth-order valence-electron chi connectivity index (χ4n) is 3.74. The standard InChI is InChI=1S/C21H24N2O4S/c1-14-16-12-15(25-2)5-6-18(16)27-20(14)21(24)22-13-17(19-4-3-11-28-19)23-7-9-26-10-8-23/h3-6,11-12,17H,7-10,13H2,1-2H3,(H,22,24)/p+1/t17-/m1/s1. The van der Waals surface area contributed by atoms with Crippen LogP contribution in [0.3, 0.4) is 0 Å². The predicted molar refractivity (Wildman–Crippen MR) is 108 cm³/mol. The van der Waals surface area contributed by atoms with Crippen LogP contribution in [-0.4, -0.2) is 45.9 Å². The fourth-order valence-corrected chi connectivity index (χ4v) is 4.62. The molecule has 1 aliphatic heterocycles. The van der Waals surface area contributed by atoms with Crippen molar-refractivity contribution in [3.63, 3.8) is 0 Å². The number of hydrogen-bond acceptors (Lipinski definition) is 5. The number of amides is 1. The number of carbonyl (C=O) groups excluding carboxylic acids is 1. The maximum Gasteiger partial charge on any atom is 0.287 e. The minimum absolute atomic E-state index is 0.179. The maximum absolute atomic E-state index is 12.9. The van der Waals surface area contributed by atoms with Gasteiger partial charge in [0.1, 0.15) is 30.5 Å². The summed E-state index contributed by atoms with van der Waals surface area (Å²) in [5.41, 5.74) is 1.52. The van der Waals surface area contributed by atoms with Gasteiger partial charge in [0.15, 0.2) is 5.76 Å². The average Bonchev–Trinajstić information content (AvgIpc) is 3.37. The lowest BCUT2D eigenvalue weighted by molar-refractivity contribution is -0.937. The first-order valence-corrected chi connectivity index (χ1v) is 10.4. The van der Waals surface area contributed by atoms with Gasteiger partial charge in [0.05, 0.1) is 31.7 Å². The number of carbonyl (C=O) groups is 1. The maximum atomic E-state index is 12.9. The molecule has 1 saturated heterocycles. The van der Waals surface area contributed by atoms with Crippen LogP contribution in [0.5, 0.6) is 5.75 Å². The molecule has 3 aromatic rings. The molecule has 2 N–H and O–H groups in total. The van der Waals surface area contributed by atoms with Crippen molar-refractivity contribution < 1.29 is 23.6 Å². The summed E-state index contributed by atoms with van der Waals surface area (Å²) >= 11 is 1.73. The van der Waals surface area contributed by atoms with E-state index < -0.39 is 0 Å². The summed E-state index contributed by atoms with van der Waals surface area (Å²) in [7, 11) is 1.63. The zero-order chi connectivity index (χ0) is 19.5. The van der Waals surface area contributed by atoms with Crippen LogP contribution >= 0.6 is 11.3 Å². The lowest BCUT2D eigenvalue weighted by Crippen LogP contribution is -3.15. The van der Waals surface area contributed by atoms with Crippen molar-refractivity contribution >= 4 is 28.2 Å². The van der Waals surface area contributed by atoms with Gasteiger partial charge in [-0.25, -0.2) is 0 Å². The average molecular weight is 402 g/mol. The van der Waals surface area contributed by atoms with E-state index >= 15 is 0 Å². The Morgan fingerprint density at radius 1 is 1.32 bits per heavy atom. The zero-order valence-corrected chi connectivity index (χ0v) is 16.9. The molecule has 0 bridgehead atoms. The number of furan rings is 1.